The summed E-state index contributed by atoms with van der Waals surface area (Å²) in [6.45, 7) is 15.6. The minimum Gasteiger partial charge on any atom is -0.389 e. The standard InChI is InChI=1S/C14H13N3OS.C11H13F3N4O2.3C2H6/c1-8-7-10-11(9-5-3-2-4-6-9)16-12(15)13(18)17-14(10)19-8;12-11(13,14)7-5-8(18-1-3-19-4-2-18)9(17-6-7)10(15)20-16;3*1-2/h2-7,12H,15H2,1H3,(H,17,18);5-6,15H,1-4,16H2;3*1-2H3. The molecule has 0 spiro atoms. The number of rotatable bonds is 3. The molecule has 0 saturated carbocycles. The Morgan fingerprint density at radius 1 is 1.09 bits per heavy atom. The number of hydrogen-bond acceptors (Lipinski definition) is 10. The van der Waals surface area contributed by atoms with Gasteiger partial charge in [0.15, 0.2) is 6.17 Å². The molecule has 0 bridgehead atoms. The van der Waals surface area contributed by atoms with Crippen molar-refractivity contribution >= 4 is 39.5 Å². The summed E-state index contributed by atoms with van der Waals surface area (Å²) >= 11 is 1.54. The third kappa shape index (κ3) is 10.9. The zero-order chi connectivity index (χ0) is 34.2. The molecule has 1 amide bonds. The molecule has 1 saturated heterocycles. The molecule has 1 fully saturated rings. The normalized spacial score (nSPS) is 15.3. The van der Waals surface area contributed by atoms with Crippen molar-refractivity contribution in [1.29, 1.82) is 5.41 Å². The van der Waals surface area contributed by atoms with E-state index in [-0.39, 0.29) is 17.3 Å². The molecule has 0 aliphatic carbocycles. The number of alkyl halides is 3. The molecule has 2 aliphatic heterocycles. The van der Waals surface area contributed by atoms with Crippen LogP contribution in [0.5, 0.6) is 0 Å². The maximum absolute atomic E-state index is 12.8. The number of benzene rings is 1. The Kier molecular flexibility index (Phi) is 17.0. The van der Waals surface area contributed by atoms with Gasteiger partial charge in [0.05, 0.1) is 30.2 Å². The van der Waals surface area contributed by atoms with Crippen molar-refractivity contribution < 1.29 is 27.5 Å². The summed E-state index contributed by atoms with van der Waals surface area (Å²) in [5.74, 6) is 4.14. The Hall–Kier alpha value is -3.85. The minimum absolute atomic E-state index is 0.0256. The van der Waals surface area contributed by atoms with Crippen LogP contribution in [0.25, 0.3) is 0 Å². The Morgan fingerprint density at radius 2 is 1.69 bits per heavy atom. The first-order valence-electron chi connectivity index (χ1n) is 14.7. The van der Waals surface area contributed by atoms with E-state index in [0.29, 0.717) is 32.5 Å². The van der Waals surface area contributed by atoms with E-state index in [1.807, 2.05) is 84.9 Å². The van der Waals surface area contributed by atoms with E-state index in [1.54, 1.807) is 4.90 Å². The number of aliphatic imine (C=N–C) groups is 1. The highest BCUT2D eigenvalue weighted by atomic mass is 32.1. The largest absolute Gasteiger partial charge is 0.417 e. The number of halogens is 3. The summed E-state index contributed by atoms with van der Waals surface area (Å²) in [5.41, 5.74) is 7.72. The summed E-state index contributed by atoms with van der Waals surface area (Å²) in [4.78, 5) is 26.9. The van der Waals surface area contributed by atoms with Gasteiger partial charge in [-0.1, -0.05) is 71.9 Å². The number of amides is 1. The monoisotopic (exact) mass is 651 g/mol. The van der Waals surface area contributed by atoms with Gasteiger partial charge >= 0.3 is 6.18 Å². The van der Waals surface area contributed by atoms with Crippen molar-refractivity contribution in [2.45, 2.75) is 60.8 Å². The molecule has 1 unspecified atom stereocenters. The van der Waals surface area contributed by atoms with E-state index >= 15 is 0 Å². The maximum Gasteiger partial charge on any atom is 0.417 e. The van der Waals surface area contributed by atoms with Crippen LogP contribution in [0.3, 0.4) is 0 Å². The lowest BCUT2D eigenvalue weighted by atomic mass is 10.0. The Bertz CT molecular complexity index is 1380. The van der Waals surface area contributed by atoms with Crippen LogP contribution >= 0.6 is 11.3 Å². The van der Waals surface area contributed by atoms with Gasteiger partial charge in [-0.15, -0.1) is 11.3 Å². The third-order valence-electron chi connectivity index (χ3n) is 5.81. The molecule has 10 nitrogen and oxygen atoms in total. The zero-order valence-electron chi connectivity index (χ0n) is 26.8. The molecule has 14 heteroatoms. The molecular weight excluding hydrogens is 607 g/mol. The van der Waals surface area contributed by atoms with Crippen LogP contribution in [0, 0.1) is 12.3 Å². The fourth-order valence-electron chi connectivity index (χ4n) is 3.95. The van der Waals surface area contributed by atoms with Crippen molar-refractivity contribution in [1.82, 2.24) is 4.98 Å². The Morgan fingerprint density at radius 3 is 2.24 bits per heavy atom. The number of nitrogens with zero attached hydrogens (tertiary/aromatic N) is 3. The fraction of sp³-hybridized carbons (Fsp3) is 0.419. The minimum atomic E-state index is -4.50. The van der Waals surface area contributed by atoms with Crippen LogP contribution in [-0.2, 0) is 20.5 Å². The summed E-state index contributed by atoms with van der Waals surface area (Å²) in [6, 6.07) is 12.8. The number of morpholine rings is 1. The van der Waals surface area contributed by atoms with Crippen molar-refractivity contribution in [3.8, 4) is 0 Å². The molecule has 1 aromatic carbocycles. The number of nitrogens with one attached hydrogen (secondary N) is 2. The highest BCUT2D eigenvalue weighted by Crippen LogP contribution is 2.33. The van der Waals surface area contributed by atoms with Crippen molar-refractivity contribution in [2.75, 3.05) is 36.5 Å². The van der Waals surface area contributed by atoms with E-state index < -0.39 is 23.8 Å². The predicted octanol–water partition coefficient (Wildman–Crippen LogP) is 6.36. The number of aromatic nitrogens is 1. The molecule has 3 aromatic rings. The molecule has 4 heterocycles. The van der Waals surface area contributed by atoms with E-state index in [4.69, 9.17) is 21.8 Å². The molecule has 2 aromatic heterocycles. The predicted molar refractivity (Wildman–Crippen MR) is 176 cm³/mol. The smallest absolute Gasteiger partial charge is 0.389 e. The fourth-order valence-corrected chi connectivity index (χ4v) is 4.86. The van der Waals surface area contributed by atoms with Crippen molar-refractivity contribution in [2.24, 2.45) is 16.6 Å². The number of fused-ring (bicyclic) bond motifs is 1. The third-order valence-corrected chi connectivity index (χ3v) is 6.78. The first-order chi connectivity index (χ1) is 21.6. The number of ether oxygens (including phenoxy) is 1. The molecule has 248 valence electrons. The number of nitrogens with two attached hydrogens (primary N) is 2. The molecule has 6 N–H and O–H groups in total. The summed E-state index contributed by atoms with van der Waals surface area (Å²) in [6.07, 6.45) is -4.71. The molecule has 0 radical (unpaired) electrons. The van der Waals surface area contributed by atoms with Crippen molar-refractivity contribution in [3.05, 3.63) is 75.9 Å². The molecular formula is C31H44F3N7O3S. The summed E-state index contributed by atoms with van der Waals surface area (Å²) in [5, 5.41) is 11.2. The quantitative estimate of drug-likeness (QED) is 0.146. The SMILES string of the molecule is CC.CC.CC.Cc1cc2c(s1)NC(=O)C(N)N=C2c1ccccc1.N=C(ON)c1ncc(C(F)(F)F)cc1N1CCOCC1. The lowest BCUT2D eigenvalue weighted by Crippen LogP contribution is -2.37. The van der Waals surface area contributed by atoms with Crippen LogP contribution in [0.1, 0.15) is 68.8 Å². The second-order valence-corrected chi connectivity index (χ2v) is 9.77. The van der Waals surface area contributed by atoms with Crippen LogP contribution < -0.4 is 21.8 Å². The van der Waals surface area contributed by atoms with Gasteiger partial charge < -0.3 is 25.5 Å². The van der Waals surface area contributed by atoms with Crippen LogP contribution in [-0.4, -0.2) is 55.0 Å². The number of pyridine rings is 1. The first kappa shape index (κ1) is 39.2. The lowest BCUT2D eigenvalue weighted by Gasteiger charge is -2.30. The van der Waals surface area contributed by atoms with Crippen LogP contribution in [0.4, 0.5) is 23.9 Å². The number of hydrogen-bond donors (Lipinski definition) is 4. The van der Waals surface area contributed by atoms with Gasteiger partial charge in [-0.3, -0.25) is 15.2 Å². The lowest BCUT2D eigenvalue weighted by molar-refractivity contribution is -0.137. The molecule has 5 rings (SSSR count). The number of carbonyl (C=O) groups is 1. The highest BCUT2D eigenvalue weighted by Gasteiger charge is 2.33. The number of aryl methyl sites for hydroxylation is 1. The molecule has 1 atom stereocenters. The maximum atomic E-state index is 12.8. The van der Waals surface area contributed by atoms with E-state index in [1.165, 1.54) is 11.3 Å². The summed E-state index contributed by atoms with van der Waals surface area (Å²) < 4.78 is 43.4. The average Bonchev–Trinajstić information content (AvgIpc) is 3.40. The Balaban J connectivity index is 0.000000386. The summed E-state index contributed by atoms with van der Waals surface area (Å²) in [7, 11) is 0. The van der Waals surface area contributed by atoms with Gasteiger partial charge in [0.1, 0.15) is 10.7 Å². The first-order valence-corrected chi connectivity index (χ1v) is 15.6. The number of anilines is 2. The van der Waals surface area contributed by atoms with E-state index in [2.05, 4.69) is 20.1 Å². The van der Waals surface area contributed by atoms with Crippen molar-refractivity contribution in [3.63, 3.8) is 0 Å². The van der Waals surface area contributed by atoms with Gasteiger partial charge in [0.2, 0.25) is 0 Å². The van der Waals surface area contributed by atoms with Gasteiger partial charge in [0, 0.05) is 35.3 Å². The molecule has 2 aliphatic rings. The highest BCUT2D eigenvalue weighted by molar-refractivity contribution is 7.16. The second kappa shape index (κ2) is 19.5. The Labute approximate surface area is 267 Å². The second-order valence-electron chi connectivity index (χ2n) is 8.51. The van der Waals surface area contributed by atoms with E-state index in [0.717, 1.165) is 32.8 Å². The van der Waals surface area contributed by atoms with Gasteiger partial charge in [0.25, 0.3) is 11.8 Å². The topological polar surface area (TPSA) is 152 Å². The van der Waals surface area contributed by atoms with Gasteiger partial charge in [-0.2, -0.15) is 19.1 Å². The van der Waals surface area contributed by atoms with Crippen LogP contribution in [0.2, 0.25) is 0 Å². The van der Waals surface area contributed by atoms with Crippen LogP contribution in [0.15, 0.2) is 53.7 Å². The molecule has 45 heavy (non-hydrogen) atoms. The van der Waals surface area contributed by atoms with Gasteiger partial charge in [-0.25, -0.2) is 4.98 Å². The average molecular weight is 652 g/mol. The number of carbonyl (C=O) groups excluding carboxylic acids is 1. The number of thiophene rings is 1. The van der Waals surface area contributed by atoms with Gasteiger partial charge in [-0.05, 0) is 19.1 Å². The zero-order valence-corrected chi connectivity index (χ0v) is 27.6. The van der Waals surface area contributed by atoms with E-state index in [9.17, 15) is 18.0 Å².